The Morgan fingerprint density at radius 1 is 1.04 bits per heavy atom. The van der Waals surface area contributed by atoms with Crippen molar-refractivity contribution in [1.29, 1.82) is 0 Å². The minimum Gasteiger partial charge on any atom is -0.313 e. The molecule has 2 amide bonds. The molecule has 136 valence electrons. The normalized spacial score (nSPS) is 15.9. The molecule has 3 aromatic rings. The second kappa shape index (κ2) is 7.23. The van der Waals surface area contributed by atoms with Crippen molar-refractivity contribution >= 4 is 11.7 Å². The third kappa shape index (κ3) is 3.56. The van der Waals surface area contributed by atoms with Crippen LogP contribution in [-0.4, -0.2) is 17.5 Å². The summed E-state index contributed by atoms with van der Waals surface area (Å²) >= 11 is 0. The van der Waals surface area contributed by atoms with Gasteiger partial charge in [-0.25, -0.2) is 9.18 Å². The van der Waals surface area contributed by atoms with E-state index < -0.39 is 0 Å². The molecular weight excluding hydrogens is 339 g/mol. The Balaban J connectivity index is 1.70. The Morgan fingerprint density at radius 2 is 1.81 bits per heavy atom. The summed E-state index contributed by atoms with van der Waals surface area (Å²) in [6.07, 6.45) is 0.801. The quantitative estimate of drug-likeness (QED) is 0.660. The van der Waals surface area contributed by atoms with Gasteiger partial charge in [-0.15, -0.1) is 0 Å². The first-order valence-corrected chi connectivity index (χ1v) is 9.09. The molecule has 3 nitrogen and oxygen atoms in total. The molecule has 0 radical (unpaired) electrons. The first-order valence-electron chi connectivity index (χ1n) is 9.09. The van der Waals surface area contributed by atoms with Crippen molar-refractivity contribution in [3.05, 3.63) is 101 Å². The van der Waals surface area contributed by atoms with Crippen LogP contribution in [0.15, 0.2) is 72.8 Å². The van der Waals surface area contributed by atoms with E-state index in [0.29, 0.717) is 6.54 Å². The Morgan fingerprint density at radius 3 is 2.59 bits per heavy atom. The number of hydrogen-bond acceptors (Lipinski definition) is 1. The van der Waals surface area contributed by atoms with E-state index >= 15 is 0 Å². The number of benzene rings is 3. The number of carbonyl (C=O) groups excluding carboxylic acids is 1. The molecule has 0 saturated heterocycles. The smallest absolute Gasteiger partial charge is 0.313 e. The van der Waals surface area contributed by atoms with Gasteiger partial charge in [0.2, 0.25) is 0 Å². The fraction of sp³-hybridized carbons (Fsp3) is 0.174. The first kappa shape index (κ1) is 17.3. The summed E-state index contributed by atoms with van der Waals surface area (Å²) in [6.45, 7) is 2.60. The number of urea groups is 1. The average Bonchev–Trinajstić information content (AvgIpc) is 2.68. The molecular formula is C23H21FN2O. The highest BCUT2D eigenvalue weighted by Crippen LogP contribution is 2.35. The van der Waals surface area contributed by atoms with Crippen LogP contribution in [0.1, 0.15) is 28.3 Å². The van der Waals surface area contributed by atoms with Crippen LogP contribution in [-0.2, 0) is 6.42 Å². The molecule has 0 spiro atoms. The number of carbonyl (C=O) groups is 1. The second-order valence-corrected chi connectivity index (χ2v) is 6.90. The Bertz CT molecular complexity index is 968. The lowest BCUT2D eigenvalue weighted by molar-refractivity contribution is 0.194. The summed E-state index contributed by atoms with van der Waals surface area (Å²) in [4.78, 5) is 14.9. The van der Waals surface area contributed by atoms with E-state index in [1.165, 1.54) is 17.7 Å². The Labute approximate surface area is 158 Å². The van der Waals surface area contributed by atoms with Crippen molar-refractivity contribution < 1.29 is 9.18 Å². The Kier molecular flexibility index (Phi) is 4.63. The third-order valence-corrected chi connectivity index (χ3v) is 5.00. The van der Waals surface area contributed by atoms with Crippen LogP contribution in [0.4, 0.5) is 14.9 Å². The standard InChI is InChI=1S/C23H21FN2O/c1-16-5-4-7-20(15-16)25-23(27)26-14-13-17-6-2-3-8-21(17)22(26)18-9-11-19(24)12-10-18/h2-12,15,22H,13-14H2,1H3,(H,25,27)/t22-/m0/s1. The third-order valence-electron chi connectivity index (χ3n) is 5.00. The number of halogens is 1. The molecule has 1 aliphatic heterocycles. The number of nitrogens with one attached hydrogen (secondary N) is 1. The van der Waals surface area contributed by atoms with Crippen LogP contribution < -0.4 is 5.32 Å². The fourth-order valence-electron chi connectivity index (χ4n) is 3.71. The predicted molar refractivity (Wildman–Crippen MR) is 105 cm³/mol. The number of anilines is 1. The minimum absolute atomic E-state index is 0.149. The molecule has 0 saturated carbocycles. The van der Waals surface area contributed by atoms with E-state index in [4.69, 9.17) is 0 Å². The zero-order valence-electron chi connectivity index (χ0n) is 15.2. The van der Waals surface area contributed by atoms with Crippen LogP contribution in [0, 0.1) is 12.7 Å². The van der Waals surface area contributed by atoms with Crippen LogP contribution in [0.25, 0.3) is 0 Å². The van der Waals surface area contributed by atoms with Crippen molar-refractivity contribution in [1.82, 2.24) is 4.90 Å². The molecule has 4 heteroatoms. The topological polar surface area (TPSA) is 32.3 Å². The number of fused-ring (bicyclic) bond motifs is 1. The zero-order chi connectivity index (χ0) is 18.8. The largest absolute Gasteiger partial charge is 0.322 e. The van der Waals surface area contributed by atoms with E-state index in [1.54, 1.807) is 12.1 Å². The maximum absolute atomic E-state index is 13.4. The minimum atomic E-state index is -0.279. The van der Waals surface area contributed by atoms with Crippen molar-refractivity contribution in [3.63, 3.8) is 0 Å². The average molecular weight is 360 g/mol. The summed E-state index contributed by atoms with van der Waals surface area (Å²) in [5.41, 5.74) is 5.09. The lowest BCUT2D eigenvalue weighted by Gasteiger charge is -2.37. The van der Waals surface area contributed by atoms with Crippen molar-refractivity contribution in [2.24, 2.45) is 0 Å². The highest BCUT2D eigenvalue weighted by atomic mass is 19.1. The molecule has 1 aliphatic rings. The predicted octanol–water partition coefficient (Wildman–Crippen LogP) is 5.31. The van der Waals surface area contributed by atoms with E-state index in [0.717, 1.165) is 28.8 Å². The van der Waals surface area contributed by atoms with E-state index in [9.17, 15) is 9.18 Å². The lowest BCUT2D eigenvalue weighted by atomic mass is 9.88. The second-order valence-electron chi connectivity index (χ2n) is 6.90. The summed E-state index contributed by atoms with van der Waals surface area (Å²) in [7, 11) is 0. The van der Waals surface area contributed by atoms with Gasteiger partial charge < -0.3 is 10.2 Å². The molecule has 0 fully saturated rings. The van der Waals surface area contributed by atoms with Crippen LogP contribution in [0.5, 0.6) is 0 Å². The molecule has 1 N–H and O–H groups in total. The summed E-state index contributed by atoms with van der Waals surface area (Å²) < 4.78 is 13.4. The van der Waals surface area contributed by atoms with Crippen molar-refractivity contribution in [3.8, 4) is 0 Å². The maximum Gasteiger partial charge on any atom is 0.322 e. The number of aryl methyl sites for hydroxylation is 1. The molecule has 0 bridgehead atoms. The molecule has 0 aromatic heterocycles. The molecule has 27 heavy (non-hydrogen) atoms. The van der Waals surface area contributed by atoms with Crippen LogP contribution >= 0.6 is 0 Å². The van der Waals surface area contributed by atoms with E-state index in [2.05, 4.69) is 17.4 Å². The fourth-order valence-corrected chi connectivity index (χ4v) is 3.71. The van der Waals surface area contributed by atoms with Gasteiger partial charge in [0.25, 0.3) is 0 Å². The van der Waals surface area contributed by atoms with Crippen molar-refractivity contribution in [2.45, 2.75) is 19.4 Å². The SMILES string of the molecule is Cc1cccc(NC(=O)N2CCc3ccccc3[C@@H]2c2ccc(F)cc2)c1. The summed E-state index contributed by atoms with van der Waals surface area (Å²) in [5.74, 6) is -0.279. The monoisotopic (exact) mass is 360 g/mol. The molecule has 0 unspecified atom stereocenters. The van der Waals surface area contributed by atoms with Gasteiger partial charge in [-0.05, 0) is 59.9 Å². The van der Waals surface area contributed by atoms with E-state index in [1.807, 2.05) is 48.2 Å². The molecule has 1 heterocycles. The lowest BCUT2D eigenvalue weighted by Crippen LogP contribution is -2.43. The zero-order valence-corrected chi connectivity index (χ0v) is 15.2. The highest BCUT2D eigenvalue weighted by Gasteiger charge is 2.32. The van der Waals surface area contributed by atoms with Gasteiger partial charge in [-0.1, -0.05) is 48.5 Å². The molecule has 1 atom stereocenters. The highest BCUT2D eigenvalue weighted by molar-refractivity contribution is 5.90. The van der Waals surface area contributed by atoms with E-state index in [-0.39, 0.29) is 17.9 Å². The molecule has 3 aromatic carbocycles. The molecule has 0 aliphatic carbocycles. The first-order chi connectivity index (χ1) is 13.1. The van der Waals surface area contributed by atoms with Gasteiger partial charge in [0.1, 0.15) is 5.82 Å². The summed E-state index contributed by atoms with van der Waals surface area (Å²) in [6, 6.07) is 21.9. The van der Waals surface area contributed by atoms with Gasteiger partial charge >= 0.3 is 6.03 Å². The van der Waals surface area contributed by atoms with Gasteiger partial charge in [0.15, 0.2) is 0 Å². The maximum atomic E-state index is 13.4. The number of nitrogens with zero attached hydrogens (tertiary/aromatic N) is 1. The Hall–Kier alpha value is -3.14. The number of rotatable bonds is 2. The van der Waals surface area contributed by atoms with Crippen molar-refractivity contribution in [2.75, 3.05) is 11.9 Å². The number of amides is 2. The van der Waals surface area contributed by atoms with Gasteiger partial charge in [-0.2, -0.15) is 0 Å². The van der Waals surface area contributed by atoms with Crippen LogP contribution in [0.3, 0.4) is 0 Å². The number of hydrogen-bond donors (Lipinski definition) is 1. The van der Waals surface area contributed by atoms with Gasteiger partial charge in [-0.3, -0.25) is 0 Å². The van der Waals surface area contributed by atoms with Gasteiger partial charge in [0, 0.05) is 12.2 Å². The van der Waals surface area contributed by atoms with Gasteiger partial charge in [0.05, 0.1) is 6.04 Å². The summed E-state index contributed by atoms with van der Waals surface area (Å²) in [5, 5.41) is 3.01. The molecule has 4 rings (SSSR count). The van der Waals surface area contributed by atoms with Crippen LogP contribution in [0.2, 0.25) is 0 Å².